The van der Waals surface area contributed by atoms with Crippen LogP contribution in [-0.2, 0) is 28.6 Å². The molecule has 0 aromatic rings. The molecule has 0 saturated heterocycles. The molecule has 0 spiro atoms. The smallest absolute Gasteiger partial charge is 0.305 e. The Labute approximate surface area is 340 Å². The van der Waals surface area contributed by atoms with E-state index >= 15 is 0 Å². The minimum Gasteiger partial charge on any atom is -0.462 e. The molecule has 0 aromatic heterocycles. The number of aliphatic hydroxyl groups is 2. The quantitative estimate of drug-likeness (QED) is 0.0610. The van der Waals surface area contributed by atoms with E-state index in [0.717, 1.165) is 64.2 Å². The van der Waals surface area contributed by atoms with E-state index in [0.29, 0.717) is 18.3 Å². The molecular weight excluding hydrogens is 705 g/mol. The summed E-state index contributed by atoms with van der Waals surface area (Å²) in [7, 11) is 0. The van der Waals surface area contributed by atoms with E-state index in [2.05, 4.69) is 47.6 Å². The molecular formula is C48H80O8. The Morgan fingerprint density at radius 3 is 1.93 bits per heavy atom. The molecule has 4 fully saturated rings. The Hall–Kier alpha value is -1.93. The minimum atomic E-state index is -1.73. The van der Waals surface area contributed by atoms with Crippen molar-refractivity contribution in [1.29, 1.82) is 0 Å². The van der Waals surface area contributed by atoms with Crippen LogP contribution in [0.4, 0.5) is 0 Å². The predicted molar refractivity (Wildman–Crippen MR) is 220 cm³/mol. The number of unbranched alkanes of at least 4 members (excludes halogenated alkanes) is 12. The number of hydrogen-bond acceptors (Lipinski definition) is 8. The highest BCUT2D eigenvalue weighted by molar-refractivity contribution is 5.69. The van der Waals surface area contributed by atoms with Crippen LogP contribution in [0, 0.1) is 45.3 Å². The van der Waals surface area contributed by atoms with E-state index < -0.39 is 23.8 Å². The van der Waals surface area contributed by atoms with Crippen molar-refractivity contribution in [1.82, 2.24) is 0 Å². The molecule has 0 aromatic carbocycles. The second-order valence-electron chi connectivity index (χ2n) is 20.5. The normalized spacial score (nSPS) is 38.5. The summed E-state index contributed by atoms with van der Waals surface area (Å²) < 4.78 is 17.5. The second-order valence-corrected chi connectivity index (χ2v) is 20.5. The minimum absolute atomic E-state index is 0.00309. The lowest BCUT2D eigenvalue weighted by atomic mass is 9.34. The van der Waals surface area contributed by atoms with Gasteiger partial charge in [0.15, 0.2) is 0 Å². The van der Waals surface area contributed by atoms with Crippen LogP contribution in [0.2, 0.25) is 0 Å². The number of rotatable bonds is 18. The van der Waals surface area contributed by atoms with Crippen LogP contribution < -0.4 is 0 Å². The number of aliphatic hydroxyl groups excluding tert-OH is 1. The average molecular weight is 785 g/mol. The molecule has 8 nitrogen and oxygen atoms in total. The lowest BCUT2D eigenvalue weighted by Gasteiger charge is -2.70. The van der Waals surface area contributed by atoms with Crippen molar-refractivity contribution >= 4 is 17.9 Å². The van der Waals surface area contributed by atoms with Gasteiger partial charge in [-0.25, -0.2) is 0 Å². The molecule has 0 radical (unpaired) electrons. The Balaban J connectivity index is 1.22. The maximum Gasteiger partial charge on any atom is 0.305 e. The van der Waals surface area contributed by atoms with E-state index in [1.807, 2.05) is 0 Å². The van der Waals surface area contributed by atoms with Gasteiger partial charge >= 0.3 is 17.9 Å². The summed E-state index contributed by atoms with van der Waals surface area (Å²) >= 11 is 0. The molecule has 2 N–H and O–H groups in total. The zero-order valence-electron chi connectivity index (χ0n) is 36.7. The number of ether oxygens (including phenoxy) is 3. The monoisotopic (exact) mass is 785 g/mol. The van der Waals surface area contributed by atoms with Gasteiger partial charge in [-0.1, -0.05) is 130 Å². The molecule has 4 saturated carbocycles. The first-order chi connectivity index (χ1) is 26.4. The lowest BCUT2D eigenvalue weighted by molar-refractivity contribution is -0.232. The van der Waals surface area contributed by atoms with Crippen molar-refractivity contribution in [2.45, 2.75) is 221 Å². The fourth-order valence-electron chi connectivity index (χ4n) is 13.6. The Kier molecular flexibility index (Phi) is 15.0. The molecule has 0 bridgehead atoms. The summed E-state index contributed by atoms with van der Waals surface area (Å²) in [6, 6.07) is 0. The molecule has 0 heterocycles. The van der Waals surface area contributed by atoms with Crippen molar-refractivity contribution in [3.05, 3.63) is 11.6 Å². The number of allylic oxidation sites excluding steroid dienone is 2. The van der Waals surface area contributed by atoms with Crippen LogP contribution in [-0.4, -0.2) is 58.6 Å². The van der Waals surface area contributed by atoms with Gasteiger partial charge in [-0.05, 0) is 91.8 Å². The third-order valence-electron chi connectivity index (χ3n) is 16.8. The Morgan fingerprint density at radius 2 is 1.34 bits per heavy atom. The average Bonchev–Trinajstić information content (AvgIpc) is 3.12. The lowest BCUT2D eigenvalue weighted by Crippen LogP contribution is -2.67. The van der Waals surface area contributed by atoms with Crippen LogP contribution in [0.15, 0.2) is 11.6 Å². The fraction of sp³-hybridized carbons (Fsp3) is 0.896. The zero-order valence-corrected chi connectivity index (χ0v) is 36.7. The Morgan fingerprint density at radius 1 is 0.750 bits per heavy atom. The fourth-order valence-corrected chi connectivity index (χ4v) is 13.6. The number of esters is 3. The van der Waals surface area contributed by atoms with Crippen molar-refractivity contribution in [3.8, 4) is 0 Å². The highest BCUT2D eigenvalue weighted by Crippen LogP contribution is 2.74. The standard InChI is InChI=1S/C48H80O8/c1-9-10-11-12-13-14-15-16-17-18-19-20-21-22-41(51)54-32-48(53)31-36-35(42(43(48)52)56-34(3)50)25-29-46(7)37(36)23-24-39-45(6)28-27-40(55-33(2)49)44(4,5)38(45)26-30-47(39,46)8/h23,35-36,38-40,42-43,52-53H,9-22,24-32H2,1-8H3. The summed E-state index contributed by atoms with van der Waals surface area (Å²) in [4.78, 5) is 37.5. The summed E-state index contributed by atoms with van der Waals surface area (Å²) in [5.41, 5.74) is -0.588. The second kappa shape index (κ2) is 18.6. The number of hydrogen-bond donors (Lipinski definition) is 2. The molecule has 8 heteroatoms. The third kappa shape index (κ3) is 9.11. The molecule has 0 amide bonds. The zero-order chi connectivity index (χ0) is 40.9. The van der Waals surface area contributed by atoms with Crippen LogP contribution in [0.3, 0.4) is 0 Å². The van der Waals surface area contributed by atoms with Crippen LogP contribution in [0.1, 0.15) is 197 Å². The van der Waals surface area contributed by atoms with Crippen LogP contribution >= 0.6 is 0 Å². The van der Waals surface area contributed by atoms with E-state index in [9.17, 15) is 24.6 Å². The number of fused-ring (bicyclic) bond motifs is 7. The molecule has 11 atom stereocenters. The molecule has 5 aliphatic carbocycles. The first-order valence-corrected chi connectivity index (χ1v) is 23.1. The van der Waals surface area contributed by atoms with E-state index in [-0.39, 0.29) is 64.6 Å². The third-order valence-corrected chi connectivity index (χ3v) is 16.8. The van der Waals surface area contributed by atoms with Crippen molar-refractivity contribution in [2.24, 2.45) is 45.3 Å². The van der Waals surface area contributed by atoms with Gasteiger partial charge in [0.05, 0.1) is 0 Å². The topological polar surface area (TPSA) is 119 Å². The van der Waals surface area contributed by atoms with Crippen LogP contribution in [0.5, 0.6) is 0 Å². The van der Waals surface area contributed by atoms with Crippen molar-refractivity contribution in [3.63, 3.8) is 0 Å². The first kappa shape index (κ1) is 45.2. The molecule has 5 rings (SSSR count). The maximum atomic E-state index is 13.0. The predicted octanol–water partition coefficient (Wildman–Crippen LogP) is 10.6. The van der Waals surface area contributed by atoms with Crippen molar-refractivity contribution in [2.75, 3.05) is 6.61 Å². The molecule has 5 aliphatic rings. The van der Waals surface area contributed by atoms with Crippen LogP contribution in [0.25, 0.3) is 0 Å². The van der Waals surface area contributed by atoms with Gasteiger partial charge in [0.1, 0.15) is 30.5 Å². The maximum absolute atomic E-state index is 13.0. The van der Waals surface area contributed by atoms with Gasteiger partial charge in [0.2, 0.25) is 0 Å². The highest BCUT2D eigenvalue weighted by atomic mass is 16.6. The van der Waals surface area contributed by atoms with Gasteiger partial charge in [0, 0.05) is 31.6 Å². The Bertz CT molecular complexity index is 1390. The van der Waals surface area contributed by atoms with Gasteiger partial charge in [-0.2, -0.15) is 0 Å². The van der Waals surface area contributed by atoms with E-state index in [4.69, 9.17) is 14.2 Å². The molecule has 320 valence electrons. The van der Waals surface area contributed by atoms with Gasteiger partial charge in [-0.15, -0.1) is 0 Å². The van der Waals surface area contributed by atoms with Gasteiger partial charge in [0.25, 0.3) is 0 Å². The first-order valence-electron chi connectivity index (χ1n) is 23.1. The number of carbonyl (C=O) groups excluding carboxylic acids is 3. The highest BCUT2D eigenvalue weighted by Gasteiger charge is 2.69. The van der Waals surface area contributed by atoms with E-state index in [1.54, 1.807) is 0 Å². The summed E-state index contributed by atoms with van der Waals surface area (Å²) in [6.45, 7) is 16.9. The molecule has 56 heavy (non-hydrogen) atoms. The summed E-state index contributed by atoms with van der Waals surface area (Å²) in [5, 5.41) is 23.9. The molecule has 0 aliphatic heterocycles. The van der Waals surface area contributed by atoms with Crippen molar-refractivity contribution < 1.29 is 38.8 Å². The number of carbonyl (C=O) groups is 3. The van der Waals surface area contributed by atoms with Gasteiger partial charge in [-0.3, -0.25) is 14.4 Å². The van der Waals surface area contributed by atoms with Gasteiger partial charge < -0.3 is 24.4 Å². The summed E-state index contributed by atoms with van der Waals surface area (Å²) in [6.07, 6.45) is 23.4. The summed E-state index contributed by atoms with van der Waals surface area (Å²) in [5.74, 6) is -0.384. The largest absolute Gasteiger partial charge is 0.462 e. The molecule has 11 unspecified atom stereocenters. The van der Waals surface area contributed by atoms with E-state index in [1.165, 1.54) is 83.6 Å². The SMILES string of the molecule is CCCCCCCCCCCCCCCC(=O)OCC1(O)CC2C3=CCC4C5(C)CCC(OC(C)=O)C(C)(C)C5CCC4(C)C3(C)CCC2C(OC(C)=O)C1O.